The molecule has 0 heterocycles. The molecule has 0 spiro atoms. The maximum absolute atomic E-state index is 11.0. The first-order valence-corrected chi connectivity index (χ1v) is 6.04. The Kier molecular flexibility index (Phi) is 4.24. The van der Waals surface area contributed by atoms with Gasteiger partial charge >= 0.3 is 0 Å². The van der Waals surface area contributed by atoms with Crippen molar-refractivity contribution in [1.82, 2.24) is 0 Å². The summed E-state index contributed by atoms with van der Waals surface area (Å²) in [5.74, 6) is 0.355. The number of hydrogen-bond acceptors (Lipinski definition) is 2. The third-order valence-corrected chi connectivity index (χ3v) is 2.72. The second-order valence-corrected chi connectivity index (χ2v) is 4.11. The van der Waals surface area contributed by atoms with Crippen LogP contribution in [0.1, 0.15) is 10.4 Å². The lowest BCUT2D eigenvalue weighted by molar-refractivity contribution is 0.100. The number of benzene rings is 2. The van der Waals surface area contributed by atoms with Crippen LogP contribution in [-0.2, 0) is 0 Å². The second-order valence-electron chi connectivity index (χ2n) is 4.11. The number of rotatable bonds is 5. The zero-order valence-electron chi connectivity index (χ0n) is 10.5. The molecule has 94 valence electrons. The molecule has 0 aliphatic rings. The molecule has 0 saturated heterocycles. The summed E-state index contributed by atoms with van der Waals surface area (Å²) in [6.07, 6.45) is 0.484. The normalized spacial score (nSPS) is 10.1. The quantitative estimate of drug-likeness (QED) is 0.829. The largest absolute Gasteiger partial charge is 0.494 e. The molecule has 0 fully saturated rings. The summed E-state index contributed by atoms with van der Waals surface area (Å²) in [7, 11) is 5.40. The lowest BCUT2D eigenvalue weighted by Crippen LogP contribution is -2.10. The molecule has 2 radical (unpaired) electrons. The van der Waals surface area contributed by atoms with E-state index in [1.807, 2.05) is 36.4 Å². The smallest absolute Gasteiger partial charge is 0.248 e. The number of carbonyl (C=O) groups is 1. The van der Waals surface area contributed by atoms with Crippen molar-refractivity contribution in [2.45, 2.75) is 6.32 Å². The van der Waals surface area contributed by atoms with E-state index < -0.39 is 5.91 Å². The van der Waals surface area contributed by atoms with E-state index in [2.05, 4.69) is 0 Å². The number of ether oxygens (including phenoxy) is 1. The second kappa shape index (κ2) is 6.09. The van der Waals surface area contributed by atoms with E-state index in [1.165, 1.54) is 0 Å². The van der Waals surface area contributed by atoms with Crippen molar-refractivity contribution < 1.29 is 9.53 Å². The molecule has 4 heteroatoms. The summed E-state index contributed by atoms with van der Waals surface area (Å²) < 4.78 is 5.48. The predicted octanol–water partition coefficient (Wildman–Crippen LogP) is 2.42. The van der Waals surface area contributed by atoms with Gasteiger partial charge in [0.05, 0.1) is 14.5 Å². The zero-order chi connectivity index (χ0) is 13.7. The number of hydrogen-bond donors (Lipinski definition) is 1. The number of nitrogens with two attached hydrogens (primary N) is 1. The van der Waals surface area contributed by atoms with Crippen LogP contribution in [0.3, 0.4) is 0 Å². The Hall–Kier alpha value is -2.23. The molecule has 0 aliphatic carbocycles. The Morgan fingerprint density at radius 1 is 1.11 bits per heavy atom. The van der Waals surface area contributed by atoms with Gasteiger partial charge in [-0.3, -0.25) is 4.79 Å². The van der Waals surface area contributed by atoms with Crippen molar-refractivity contribution >= 4 is 13.8 Å². The molecule has 2 aromatic carbocycles. The first-order chi connectivity index (χ1) is 9.20. The van der Waals surface area contributed by atoms with E-state index in [0.29, 0.717) is 18.5 Å². The van der Waals surface area contributed by atoms with Crippen LogP contribution < -0.4 is 10.5 Å². The van der Waals surface area contributed by atoms with Crippen molar-refractivity contribution in [1.29, 1.82) is 0 Å². The minimum absolute atomic E-state index is 0.424. The van der Waals surface area contributed by atoms with E-state index in [4.69, 9.17) is 18.3 Å². The van der Waals surface area contributed by atoms with Crippen molar-refractivity contribution in [2.24, 2.45) is 5.73 Å². The van der Waals surface area contributed by atoms with Gasteiger partial charge in [-0.15, -0.1) is 0 Å². The van der Waals surface area contributed by atoms with E-state index >= 15 is 0 Å². The van der Waals surface area contributed by atoms with Crippen LogP contribution in [0.15, 0.2) is 48.5 Å². The Balaban J connectivity index is 2.23. The van der Waals surface area contributed by atoms with Crippen molar-refractivity contribution in [3.8, 4) is 16.9 Å². The first-order valence-electron chi connectivity index (χ1n) is 6.04. The van der Waals surface area contributed by atoms with Gasteiger partial charge in [-0.05, 0) is 35.4 Å². The highest BCUT2D eigenvalue weighted by Gasteiger charge is 2.03. The number of primary amides is 1. The van der Waals surface area contributed by atoms with Gasteiger partial charge in [0.25, 0.3) is 0 Å². The van der Waals surface area contributed by atoms with E-state index in [1.54, 1.807) is 12.1 Å². The average Bonchev–Trinajstić information content (AvgIpc) is 2.45. The van der Waals surface area contributed by atoms with Crippen molar-refractivity contribution in [3.63, 3.8) is 0 Å². The first kappa shape index (κ1) is 13.2. The number of carbonyl (C=O) groups excluding carboxylic acids is 1. The summed E-state index contributed by atoms with van der Waals surface area (Å²) >= 11 is 0. The summed E-state index contributed by atoms with van der Waals surface area (Å²) in [5, 5.41) is 0. The van der Waals surface area contributed by atoms with Gasteiger partial charge in [0.15, 0.2) is 0 Å². The van der Waals surface area contributed by atoms with Crippen LogP contribution in [-0.4, -0.2) is 20.4 Å². The zero-order valence-corrected chi connectivity index (χ0v) is 10.5. The summed E-state index contributed by atoms with van der Waals surface area (Å²) in [4.78, 5) is 11.0. The molecular weight excluding hydrogens is 237 g/mol. The molecule has 0 unspecified atom stereocenters. The van der Waals surface area contributed by atoms with E-state index in [9.17, 15) is 4.79 Å². The van der Waals surface area contributed by atoms with Gasteiger partial charge in [-0.2, -0.15) is 0 Å². The Bertz CT molecular complexity index is 567. The minimum Gasteiger partial charge on any atom is -0.494 e. The molecule has 0 bridgehead atoms. The highest BCUT2D eigenvalue weighted by Crippen LogP contribution is 2.24. The van der Waals surface area contributed by atoms with Crippen molar-refractivity contribution in [3.05, 3.63) is 54.1 Å². The fraction of sp³-hybridized carbons (Fsp3) is 0.133. The Morgan fingerprint density at radius 2 is 1.84 bits per heavy atom. The molecule has 0 saturated carbocycles. The van der Waals surface area contributed by atoms with Gasteiger partial charge in [0.1, 0.15) is 5.75 Å². The monoisotopic (exact) mass is 251 g/mol. The predicted molar refractivity (Wildman–Crippen MR) is 76.5 cm³/mol. The molecule has 0 aliphatic heterocycles. The van der Waals surface area contributed by atoms with Gasteiger partial charge in [0.2, 0.25) is 5.91 Å². The van der Waals surface area contributed by atoms with Gasteiger partial charge < -0.3 is 10.5 Å². The Labute approximate surface area is 113 Å². The molecule has 3 nitrogen and oxygen atoms in total. The fourth-order valence-electron chi connectivity index (χ4n) is 1.77. The van der Waals surface area contributed by atoms with Gasteiger partial charge in [-0.1, -0.05) is 30.6 Å². The van der Waals surface area contributed by atoms with Crippen LogP contribution >= 0.6 is 0 Å². The van der Waals surface area contributed by atoms with Crippen LogP contribution in [0.4, 0.5) is 0 Å². The summed E-state index contributed by atoms with van der Waals surface area (Å²) in [6.45, 7) is 0.490. The molecule has 2 aromatic rings. The molecule has 2 rings (SSSR count). The number of amides is 1. The molecule has 0 atom stereocenters. The summed E-state index contributed by atoms with van der Waals surface area (Å²) in [5.41, 5.74) is 7.73. The maximum atomic E-state index is 11.0. The minimum atomic E-state index is -0.424. The maximum Gasteiger partial charge on any atom is 0.248 e. The lowest BCUT2D eigenvalue weighted by atomic mass is 10.0. The summed E-state index contributed by atoms with van der Waals surface area (Å²) in [6, 6.07) is 14.9. The molecular formula is C15H14BNO2. The van der Waals surface area contributed by atoms with Gasteiger partial charge in [0, 0.05) is 5.56 Å². The molecule has 2 N–H and O–H groups in total. The third kappa shape index (κ3) is 3.38. The van der Waals surface area contributed by atoms with Gasteiger partial charge in [-0.25, -0.2) is 0 Å². The third-order valence-electron chi connectivity index (χ3n) is 2.72. The fourth-order valence-corrected chi connectivity index (χ4v) is 1.77. The van der Waals surface area contributed by atoms with Crippen molar-refractivity contribution in [2.75, 3.05) is 6.61 Å². The van der Waals surface area contributed by atoms with E-state index in [-0.39, 0.29) is 0 Å². The van der Waals surface area contributed by atoms with Crippen LogP contribution in [0, 0.1) is 0 Å². The topological polar surface area (TPSA) is 52.3 Å². The lowest BCUT2D eigenvalue weighted by Gasteiger charge is -2.07. The standard InChI is InChI=1S/C15H14BNO2/c16-8-9-19-14-3-1-2-13(10-14)11-4-6-12(7-5-11)15(17)18/h1-7,10H,8-9H2,(H2,17,18). The Morgan fingerprint density at radius 3 is 2.47 bits per heavy atom. The highest BCUT2D eigenvalue weighted by molar-refractivity contribution is 6.08. The SMILES string of the molecule is [B]CCOc1cccc(-c2ccc(C(N)=O)cc2)c1. The van der Waals surface area contributed by atoms with E-state index in [0.717, 1.165) is 16.9 Å². The molecule has 19 heavy (non-hydrogen) atoms. The van der Waals surface area contributed by atoms with Crippen LogP contribution in [0.25, 0.3) is 11.1 Å². The van der Waals surface area contributed by atoms with Crippen LogP contribution in [0.5, 0.6) is 5.75 Å². The highest BCUT2D eigenvalue weighted by atomic mass is 16.5. The molecule has 0 aromatic heterocycles. The van der Waals surface area contributed by atoms with Crippen LogP contribution in [0.2, 0.25) is 6.32 Å². The average molecular weight is 251 g/mol. The molecule has 1 amide bonds.